The molecule has 0 amide bonds. The van der Waals surface area contributed by atoms with Crippen LogP contribution in [-0.4, -0.2) is 22.0 Å². The second-order valence-electron chi connectivity index (χ2n) is 3.73. The molecule has 4 nitrogen and oxygen atoms in total. The third kappa shape index (κ3) is 2.89. The molecule has 1 aliphatic carbocycles. The van der Waals surface area contributed by atoms with Gasteiger partial charge >= 0.3 is 0 Å². The first kappa shape index (κ1) is 10.8. The van der Waals surface area contributed by atoms with Gasteiger partial charge in [-0.3, -0.25) is 0 Å². The number of rotatable bonds is 6. The summed E-state index contributed by atoms with van der Waals surface area (Å²) < 4.78 is 9.89. The molecule has 5 heteroatoms. The van der Waals surface area contributed by atoms with Gasteiger partial charge in [-0.1, -0.05) is 6.92 Å². The van der Waals surface area contributed by atoms with Gasteiger partial charge < -0.3 is 10.1 Å². The molecule has 0 aliphatic heterocycles. The number of anilines is 1. The molecule has 1 unspecified atom stereocenters. The molecule has 1 saturated carbocycles. The maximum Gasteiger partial charge on any atom is 0.202 e. The van der Waals surface area contributed by atoms with E-state index < -0.39 is 0 Å². The first-order valence-corrected chi connectivity index (χ1v) is 6.32. The van der Waals surface area contributed by atoms with Crippen molar-refractivity contribution in [1.82, 2.24) is 9.36 Å². The number of nitrogens with one attached hydrogen (secondary N) is 1. The van der Waals surface area contributed by atoms with Crippen LogP contribution < -0.4 is 5.32 Å². The van der Waals surface area contributed by atoms with E-state index in [4.69, 9.17) is 4.74 Å². The van der Waals surface area contributed by atoms with Gasteiger partial charge in [0.1, 0.15) is 6.10 Å². The zero-order valence-corrected chi connectivity index (χ0v) is 10.0. The van der Waals surface area contributed by atoms with E-state index in [1.807, 2.05) is 6.92 Å². The van der Waals surface area contributed by atoms with Gasteiger partial charge in [-0.05, 0) is 26.2 Å². The summed E-state index contributed by atoms with van der Waals surface area (Å²) in [4.78, 5) is 4.45. The Kier molecular flexibility index (Phi) is 3.53. The highest BCUT2D eigenvalue weighted by Crippen LogP contribution is 2.27. The fraction of sp³-hybridized carbons (Fsp3) is 0.800. The highest BCUT2D eigenvalue weighted by molar-refractivity contribution is 7.09. The molecule has 1 aromatic rings. The van der Waals surface area contributed by atoms with Gasteiger partial charge in [-0.15, -0.1) is 0 Å². The predicted molar refractivity (Wildman–Crippen MR) is 61.2 cm³/mol. The van der Waals surface area contributed by atoms with Gasteiger partial charge in [0.05, 0.1) is 0 Å². The van der Waals surface area contributed by atoms with Gasteiger partial charge in [-0.2, -0.15) is 4.37 Å². The fourth-order valence-electron chi connectivity index (χ4n) is 1.40. The minimum Gasteiger partial charge on any atom is -0.370 e. The quantitative estimate of drug-likeness (QED) is 0.811. The molecule has 0 bridgehead atoms. The van der Waals surface area contributed by atoms with Crippen molar-refractivity contribution in [2.75, 3.05) is 11.9 Å². The lowest BCUT2D eigenvalue weighted by Gasteiger charge is -2.10. The van der Waals surface area contributed by atoms with Crippen LogP contribution in [0.4, 0.5) is 5.13 Å². The van der Waals surface area contributed by atoms with Gasteiger partial charge in [0.2, 0.25) is 5.13 Å². The van der Waals surface area contributed by atoms with Crippen molar-refractivity contribution in [3.8, 4) is 0 Å². The van der Waals surface area contributed by atoms with E-state index >= 15 is 0 Å². The minimum atomic E-state index is 0.0565. The largest absolute Gasteiger partial charge is 0.370 e. The van der Waals surface area contributed by atoms with Crippen LogP contribution in [0.15, 0.2) is 0 Å². The number of aromatic nitrogens is 2. The third-order valence-corrected chi connectivity index (χ3v) is 3.03. The van der Waals surface area contributed by atoms with Gasteiger partial charge in [-0.25, -0.2) is 4.98 Å². The van der Waals surface area contributed by atoms with Crippen molar-refractivity contribution < 1.29 is 4.74 Å². The van der Waals surface area contributed by atoms with Crippen LogP contribution in [0, 0.1) is 0 Å². The summed E-state index contributed by atoms with van der Waals surface area (Å²) in [6.07, 6.45) is 3.50. The molecular formula is C10H17N3OS. The van der Waals surface area contributed by atoms with Crippen molar-refractivity contribution in [2.24, 2.45) is 0 Å². The standard InChI is InChI=1S/C10H17N3OS/c1-3-8(14-4-2)9-12-10(15-13-9)11-7-5-6-7/h7-8H,3-6H2,1-2H3,(H,11,12,13). The molecule has 1 heterocycles. The predicted octanol–water partition coefficient (Wildman–Crippen LogP) is 2.60. The average molecular weight is 227 g/mol. The lowest BCUT2D eigenvalue weighted by atomic mass is 10.2. The summed E-state index contributed by atoms with van der Waals surface area (Å²) in [5.74, 6) is 0.826. The van der Waals surface area contributed by atoms with Crippen LogP contribution >= 0.6 is 11.5 Å². The SMILES string of the molecule is CCOC(CC)c1nsc(NC2CC2)n1. The van der Waals surface area contributed by atoms with E-state index in [2.05, 4.69) is 21.6 Å². The summed E-state index contributed by atoms with van der Waals surface area (Å²) in [7, 11) is 0. The minimum absolute atomic E-state index is 0.0565. The molecule has 0 saturated heterocycles. The van der Waals surface area contributed by atoms with Crippen molar-refractivity contribution in [3.63, 3.8) is 0 Å². The second kappa shape index (κ2) is 4.90. The molecule has 1 N–H and O–H groups in total. The van der Waals surface area contributed by atoms with E-state index in [0.717, 1.165) is 17.4 Å². The van der Waals surface area contributed by atoms with Crippen molar-refractivity contribution in [3.05, 3.63) is 5.82 Å². The Balaban J connectivity index is 1.96. The second-order valence-corrected chi connectivity index (χ2v) is 4.48. The summed E-state index contributed by atoms with van der Waals surface area (Å²) >= 11 is 1.44. The van der Waals surface area contributed by atoms with E-state index in [-0.39, 0.29) is 6.10 Å². The summed E-state index contributed by atoms with van der Waals surface area (Å²) in [5.41, 5.74) is 0. The molecule has 1 atom stereocenters. The highest BCUT2D eigenvalue weighted by atomic mass is 32.1. The Hall–Kier alpha value is -0.680. The van der Waals surface area contributed by atoms with Crippen molar-refractivity contribution in [1.29, 1.82) is 0 Å². The first-order chi connectivity index (χ1) is 7.33. The highest BCUT2D eigenvalue weighted by Gasteiger charge is 2.23. The van der Waals surface area contributed by atoms with E-state index in [1.165, 1.54) is 24.4 Å². The lowest BCUT2D eigenvalue weighted by molar-refractivity contribution is 0.0544. The Morgan fingerprint density at radius 2 is 2.33 bits per heavy atom. The number of nitrogens with zero attached hydrogens (tertiary/aromatic N) is 2. The molecule has 1 fully saturated rings. The normalized spacial score (nSPS) is 17.7. The van der Waals surface area contributed by atoms with Crippen LogP contribution in [0.25, 0.3) is 0 Å². The summed E-state index contributed by atoms with van der Waals surface area (Å²) in [6, 6.07) is 0.637. The summed E-state index contributed by atoms with van der Waals surface area (Å²) in [6.45, 7) is 4.80. The Morgan fingerprint density at radius 3 is 2.93 bits per heavy atom. The number of hydrogen-bond acceptors (Lipinski definition) is 5. The molecule has 15 heavy (non-hydrogen) atoms. The van der Waals surface area contributed by atoms with E-state index in [0.29, 0.717) is 12.6 Å². The third-order valence-electron chi connectivity index (χ3n) is 2.37. The van der Waals surface area contributed by atoms with Crippen LogP contribution in [0.3, 0.4) is 0 Å². The Bertz CT molecular complexity index is 311. The molecule has 0 radical (unpaired) electrons. The maximum absolute atomic E-state index is 5.57. The van der Waals surface area contributed by atoms with Crippen LogP contribution in [-0.2, 0) is 4.74 Å². The van der Waals surface area contributed by atoms with Crippen LogP contribution in [0.2, 0.25) is 0 Å². The van der Waals surface area contributed by atoms with Gasteiger partial charge in [0.25, 0.3) is 0 Å². The smallest absolute Gasteiger partial charge is 0.202 e. The molecule has 1 aromatic heterocycles. The molecule has 0 spiro atoms. The van der Waals surface area contributed by atoms with E-state index in [9.17, 15) is 0 Å². The van der Waals surface area contributed by atoms with Gasteiger partial charge in [0.15, 0.2) is 5.82 Å². The molecule has 84 valence electrons. The van der Waals surface area contributed by atoms with Crippen molar-refractivity contribution in [2.45, 2.75) is 45.3 Å². The van der Waals surface area contributed by atoms with Gasteiger partial charge in [0, 0.05) is 24.2 Å². The fourth-order valence-corrected chi connectivity index (χ4v) is 2.09. The zero-order valence-electron chi connectivity index (χ0n) is 9.19. The lowest BCUT2D eigenvalue weighted by Crippen LogP contribution is -2.06. The molecule has 1 aliphatic rings. The first-order valence-electron chi connectivity index (χ1n) is 5.55. The Labute approximate surface area is 94.2 Å². The molecule has 0 aromatic carbocycles. The monoisotopic (exact) mass is 227 g/mol. The van der Waals surface area contributed by atoms with E-state index in [1.54, 1.807) is 0 Å². The van der Waals surface area contributed by atoms with Crippen molar-refractivity contribution >= 4 is 16.7 Å². The Morgan fingerprint density at radius 1 is 1.53 bits per heavy atom. The molecule has 2 rings (SSSR count). The zero-order chi connectivity index (χ0) is 10.7. The summed E-state index contributed by atoms with van der Waals surface area (Å²) in [5, 5.41) is 4.28. The average Bonchev–Trinajstić information content (AvgIpc) is 2.92. The molecular weight excluding hydrogens is 210 g/mol. The van der Waals surface area contributed by atoms with Crippen LogP contribution in [0.5, 0.6) is 0 Å². The topological polar surface area (TPSA) is 47.0 Å². The number of ether oxygens (including phenoxy) is 1. The number of hydrogen-bond donors (Lipinski definition) is 1. The van der Waals surface area contributed by atoms with Crippen LogP contribution in [0.1, 0.15) is 45.0 Å². The maximum atomic E-state index is 5.57.